The molecule has 28 heavy (non-hydrogen) atoms. The number of halogens is 2. The summed E-state index contributed by atoms with van der Waals surface area (Å²) in [4.78, 5) is 33.6. The number of nitrogens with one attached hydrogen (secondary N) is 2. The molecule has 0 unspecified atom stereocenters. The Bertz CT molecular complexity index is 923. The molecule has 2 amide bonds. The Balaban J connectivity index is 2.04. The van der Waals surface area contributed by atoms with Gasteiger partial charge >= 0.3 is 0 Å². The molecule has 0 radical (unpaired) electrons. The molecule has 0 saturated carbocycles. The van der Waals surface area contributed by atoms with Crippen molar-refractivity contribution in [1.82, 2.24) is 25.5 Å². The molecule has 1 saturated heterocycles. The van der Waals surface area contributed by atoms with Gasteiger partial charge in [0.15, 0.2) is 0 Å². The summed E-state index contributed by atoms with van der Waals surface area (Å²) in [7, 11) is 1.44. The van der Waals surface area contributed by atoms with E-state index in [2.05, 4.69) is 20.6 Å². The maximum atomic E-state index is 14.0. The minimum Gasteiger partial charge on any atom is -0.354 e. The van der Waals surface area contributed by atoms with Crippen molar-refractivity contribution in [2.24, 2.45) is 0 Å². The molecule has 1 fully saturated rings. The number of amides is 2. The van der Waals surface area contributed by atoms with Gasteiger partial charge in [-0.3, -0.25) is 9.59 Å². The number of pyridine rings is 2. The van der Waals surface area contributed by atoms with Crippen LogP contribution in [0.25, 0.3) is 11.3 Å². The summed E-state index contributed by atoms with van der Waals surface area (Å²) in [6.07, 6.45) is 0. The minimum atomic E-state index is -0.794. The Morgan fingerprint density at radius 2 is 2.04 bits per heavy atom. The van der Waals surface area contributed by atoms with Crippen LogP contribution in [0.2, 0.25) is 5.15 Å². The maximum absolute atomic E-state index is 14.0. The lowest BCUT2D eigenvalue weighted by atomic mass is 10.00. The summed E-state index contributed by atoms with van der Waals surface area (Å²) in [6, 6.07) is 6.06. The van der Waals surface area contributed by atoms with E-state index in [4.69, 9.17) is 11.6 Å². The summed E-state index contributed by atoms with van der Waals surface area (Å²) in [6.45, 7) is 4.68. The van der Waals surface area contributed by atoms with Crippen LogP contribution in [0.1, 0.15) is 35.9 Å². The number of piperazine rings is 1. The number of carbonyl (C=O) groups is 2. The van der Waals surface area contributed by atoms with Gasteiger partial charge in [-0.15, -0.1) is 0 Å². The third-order valence-electron chi connectivity index (χ3n) is 4.66. The van der Waals surface area contributed by atoms with E-state index < -0.39 is 11.9 Å². The van der Waals surface area contributed by atoms with Crippen LogP contribution in [0.5, 0.6) is 0 Å². The number of carbonyl (C=O) groups excluding carboxylic acids is 2. The first-order valence-electron chi connectivity index (χ1n) is 8.86. The van der Waals surface area contributed by atoms with Crippen LogP contribution in [0.3, 0.4) is 0 Å². The van der Waals surface area contributed by atoms with Crippen molar-refractivity contribution in [3.05, 3.63) is 46.6 Å². The molecule has 3 rings (SSSR count). The van der Waals surface area contributed by atoms with E-state index in [1.807, 2.05) is 6.92 Å². The van der Waals surface area contributed by atoms with E-state index in [0.29, 0.717) is 24.3 Å². The van der Waals surface area contributed by atoms with E-state index in [1.54, 1.807) is 17.0 Å². The van der Waals surface area contributed by atoms with Gasteiger partial charge in [-0.05, 0) is 30.7 Å². The van der Waals surface area contributed by atoms with E-state index in [1.165, 1.54) is 26.1 Å². The third kappa shape index (κ3) is 4.28. The van der Waals surface area contributed by atoms with Crippen molar-refractivity contribution in [2.75, 3.05) is 20.1 Å². The van der Waals surface area contributed by atoms with Gasteiger partial charge < -0.3 is 15.5 Å². The highest BCUT2D eigenvalue weighted by atomic mass is 35.5. The van der Waals surface area contributed by atoms with Crippen LogP contribution in [0.15, 0.2) is 24.3 Å². The highest BCUT2D eigenvalue weighted by molar-refractivity contribution is 6.29. The molecule has 1 aliphatic heterocycles. The molecule has 148 valence electrons. The SMILES string of the molecule is CNC(=O)c1cc(-c2cc([C@@H]3CN[C@@H](C)CN3C(C)=O)cc(Cl)n2)cc(F)n1. The number of rotatable bonds is 3. The lowest BCUT2D eigenvalue weighted by molar-refractivity contribution is -0.132. The molecule has 7 nitrogen and oxygen atoms in total. The van der Waals surface area contributed by atoms with Gasteiger partial charge in [-0.2, -0.15) is 4.39 Å². The smallest absolute Gasteiger partial charge is 0.269 e. The Labute approximate surface area is 167 Å². The van der Waals surface area contributed by atoms with Crippen molar-refractivity contribution >= 4 is 23.4 Å². The van der Waals surface area contributed by atoms with Gasteiger partial charge in [-0.1, -0.05) is 11.6 Å². The second kappa shape index (κ2) is 8.20. The van der Waals surface area contributed by atoms with Gasteiger partial charge in [0, 0.05) is 44.7 Å². The van der Waals surface area contributed by atoms with Crippen LogP contribution in [0.4, 0.5) is 4.39 Å². The zero-order valence-electron chi connectivity index (χ0n) is 15.8. The molecule has 0 spiro atoms. The molecule has 9 heteroatoms. The van der Waals surface area contributed by atoms with E-state index in [9.17, 15) is 14.0 Å². The second-order valence-electron chi connectivity index (χ2n) is 6.75. The molecule has 0 bridgehead atoms. The third-order valence-corrected chi connectivity index (χ3v) is 4.86. The zero-order valence-corrected chi connectivity index (χ0v) is 16.5. The largest absolute Gasteiger partial charge is 0.354 e. The first-order chi connectivity index (χ1) is 13.3. The standard InChI is InChI=1S/C19H21ClFN5O2/c1-10-9-26(11(2)27)16(8-23-10)13-5-14(24-17(20)6-13)12-4-15(19(28)22-3)25-18(21)7-12/h4-7,10,16,23H,8-9H2,1-3H3,(H,22,28)/t10-,16-/m0/s1. The summed E-state index contributed by atoms with van der Waals surface area (Å²) in [5, 5.41) is 5.99. The fourth-order valence-corrected chi connectivity index (χ4v) is 3.52. The van der Waals surface area contributed by atoms with Crippen molar-refractivity contribution in [3.8, 4) is 11.3 Å². The van der Waals surface area contributed by atoms with E-state index in [-0.39, 0.29) is 28.8 Å². The first kappa shape index (κ1) is 20.2. The second-order valence-corrected chi connectivity index (χ2v) is 7.14. The van der Waals surface area contributed by atoms with Gasteiger partial charge in [0.05, 0.1) is 11.7 Å². The number of nitrogens with zero attached hydrogens (tertiary/aromatic N) is 3. The van der Waals surface area contributed by atoms with Crippen LogP contribution in [0, 0.1) is 5.95 Å². The van der Waals surface area contributed by atoms with Crippen LogP contribution >= 0.6 is 11.6 Å². The molecule has 2 aromatic rings. The molecule has 2 atom stereocenters. The predicted molar refractivity (Wildman–Crippen MR) is 103 cm³/mol. The summed E-state index contributed by atoms with van der Waals surface area (Å²) in [5.74, 6) is -1.33. The average Bonchev–Trinajstić information content (AvgIpc) is 2.66. The Morgan fingerprint density at radius 1 is 1.29 bits per heavy atom. The molecule has 0 aliphatic carbocycles. The van der Waals surface area contributed by atoms with Crippen LogP contribution in [-0.4, -0.2) is 52.9 Å². The van der Waals surface area contributed by atoms with Gasteiger partial charge in [0.2, 0.25) is 11.9 Å². The average molecular weight is 406 g/mol. The predicted octanol–water partition coefficient (Wildman–Crippen LogP) is 2.18. The van der Waals surface area contributed by atoms with Crippen molar-refractivity contribution in [3.63, 3.8) is 0 Å². The van der Waals surface area contributed by atoms with Gasteiger partial charge in [0.1, 0.15) is 10.8 Å². The fraction of sp³-hybridized carbons (Fsp3) is 0.368. The Kier molecular flexibility index (Phi) is 5.90. The van der Waals surface area contributed by atoms with E-state index >= 15 is 0 Å². The topological polar surface area (TPSA) is 87.2 Å². The normalized spacial score (nSPS) is 19.4. The highest BCUT2D eigenvalue weighted by Gasteiger charge is 2.29. The van der Waals surface area contributed by atoms with Gasteiger partial charge in [-0.25, -0.2) is 9.97 Å². The molecular formula is C19H21ClFN5O2. The molecular weight excluding hydrogens is 385 g/mol. The quantitative estimate of drug-likeness (QED) is 0.764. The first-order valence-corrected chi connectivity index (χ1v) is 9.24. The summed E-state index contributed by atoms with van der Waals surface area (Å²) >= 11 is 6.22. The Morgan fingerprint density at radius 3 is 2.71 bits per heavy atom. The zero-order chi connectivity index (χ0) is 20.4. The molecule has 3 heterocycles. The summed E-state index contributed by atoms with van der Waals surface area (Å²) < 4.78 is 14.0. The lowest BCUT2D eigenvalue weighted by Gasteiger charge is -2.39. The number of hydrogen-bond acceptors (Lipinski definition) is 5. The summed E-state index contributed by atoms with van der Waals surface area (Å²) in [5.41, 5.74) is 1.50. The van der Waals surface area contributed by atoms with Crippen LogP contribution in [-0.2, 0) is 4.79 Å². The Hall–Kier alpha value is -2.58. The monoisotopic (exact) mass is 405 g/mol. The van der Waals surface area contributed by atoms with Crippen molar-refractivity contribution in [2.45, 2.75) is 25.9 Å². The lowest BCUT2D eigenvalue weighted by Crippen LogP contribution is -2.52. The van der Waals surface area contributed by atoms with Crippen LogP contribution < -0.4 is 10.6 Å². The highest BCUT2D eigenvalue weighted by Crippen LogP contribution is 2.29. The fourth-order valence-electron chi connectivity index (χ4n) is 3.30. The maximum Gasteiger partial charge on any atom is 0.269 e. The number of hydrogen-bond donors (Lipinski definition) is 2. The molecule has 1 aliphatic rings. The van der Waals surface area contributed by atoms with E-state index in [0.717, 1.165) is 5.56 Å². The molecule has 2 aromatic heterocycles. The van der Waals surface area contributed by atoms with Crippen molar-refractivity contribution < 1.29 is 14.0 Å². The minimum absolute atomic E-state index is 0.0373. The van der Waals surface area contributed by atoms with Gasteiger partial charge in [0.25, 0.3) is 5.91 Å². The number of aromatic nitrogens is 2. The molecule has 2 N–H and O–H groups in total. The molecule has 0 aromatic carbocycles. The van der Waals surface area contributed by atoms with Crippen molar-refractivity contribution in [1.29, 1.82) is 0 Å².